The van der Waals surface area contributed by atoms with Crippen LogP contribution in [0, 0.1) is 0 Å². The Morgan fingerprint density at radius 2 is 1.85 bits per heavy atom. The SMILES string of the molecule is COc1cc(-c2cc(CN3CCN[C@@H](C)C3=O)ccn2)cc(OC)c1OC. The molecule has 2 aromatic rings. The van der Waals surface area contributed by atoms with Gasteiger partial charge in [-0.1, -0.05) is 0 Å². The van der Waals surface area contributed by atoms with Gasteiger partial charge in [0.05, 0.1) is 33.1 Å². The molecule has 0 aliphatic carbocycles. The molecule has 1 amide bonds. The highest BCUT2D eigenvalue weighted by Crippen LogP contribution is 2.40. The number of ether oxygens (including phenoxy) is 3. The maximum absolute atomic E-state index is 12.3. The highest BCUT2D eigenvalue weighted by Gasteiger charge is 2.24. The van der Waals surface area contributed by atoms with E-state index in [1.807, 2.05) is 36.1 Å². The van der Waals surface area contributed by atoms with Crippen molar-refractivity contribution in [3.8, 4) is 28.5 Å². The van der Waals surface area contributed by atoms with Crippen LogP contribution in [-0.4, -0.2) is 56.3 Å². The summed E-state index contributed by atoms with van der Waals surface area (Å²) in [5, 5.41) is 3.18. The Morgan fingerprint density at radius 1 is 1.15 bits per heavy atom. The Hall–Kier alpha value is -2.80. The van der Waals surface area contributed by atoms with Crippen LogP contribution >= 0.6 is 0 Å². The number of carbonyl (C=O) groups excluding carboxylic acids is 1. The summed E-state index contributed by atoms with van der Waals surface area (Å²) in [6.45, 7) is 3.95. The Labute approximate surface area is 159 Å². The summed E-state index contributed by atoms with van der Waals surface area (Å²) in [7, 11) is 4.74. The maximum Gasteiger partial charge on any atom is 0.239 e. The largest absolute Gasteiger partial charge is 0.493 e. The van der Waals surface area contributed by atoms with Crippen LogP contribution in [0.2, 0.25) is 0 Å². The van der Waals surface area contributed by atoms with Gasteiger partial charge in [0.2, 0.25) is 11.7 Å². The van der Waals surface area contributed by atoms with E-state index in [1.165, 1.54) is 0 Å². The van der Waals surface area contributed by atoms with E-state index in [-0.39, 0.29) is 11.9 Å². The van der Waals surface area contributed by atoms with Gasteiger partial charge >= 0.3 is 0 Å². The molecular weight excluding hydrogens is 346 g/mol. The number of methoxy groups -OCH3 is 3. The molecule has 1 atom stereocenters. The minimum absolute atomic E-state index is 0.118. The highest BCUT2D eigenvalue weighted by molar-refractivity contribution is 5.82. The van der Waals surface area contributed by atoms with E-state index >= 15 is 0 Å². The summed E-state index contributed by atoms with van der Waals surface area (Å²) < 4.78 is 16.2. The summed E-state index contributed by atoms with van der Waals surface area (Å²) in [6.07, 6.45) is 1.75. The fraction of sp³-hybridized carbons (Fsp3) is 0.400. The van der Waals surface area contributed by atoms with Gasteiger partial charge < -0.3 is 24.4 Å². The molecule has 1 fully saturated rings. The van der Waals surface area contributed by atoms with Gasteiger partial charge in [-0.15, -0.1) is 0 Å². The molecule has 0 radical (unpaired) electrons. The van der Waals surface area contributed by atoms with Crippen molar-refractivity contribution in [3.63, 3.8) is 0 Å². The molecule has 1 aliphatic heterocycles. The molecule has 1 aliphatic rings. The Bertz CT molecular complexity index is 800. The van der Waals surface area contributed by atoms with E-state index in [9.17, 15) is 4.79 Å². The molecule has 0 spiro atoms. The van der Waals surface area contributed by atoms with E-state index in [1.54, 1.807) is 27.5 Å². The van der Waals surface area contributed by atoms with E-state index in [0.29, 0.717) is 30.3 Å². The lowest BCUT2D eigenvalue weighted by molar-refractivity contribution is -0.135. The minimum Gasteiger partial charge on any atom is -0.493 e. The first-order valence-electron chi connectivity index (χ1n) is 8.84. The number of aromatic nitrogens is 1. The predicted molar refractivity (Wildman–Crippen MR) is 102 cm³/mol. The van der Waals surface area contributed by atoms with Crippen LogP contribution in [0.25, 0.3) is 11.3 Å². The summed E-state index contributed by atoms with van der Waals surface area (Å²) in [5.41, 5.74) is 2.66. The van der Waals surface area contributed by atoms with Gasteiger partial charge in [0.15, 0.2) is 11.5 Å². The van der Waals surface area contributed by atoms with Gasteiger partial charge in [-0.3, -0.25) is 9.78 Å². The number of hydrogen-bond acceptors (Lipinski definition) is 6. The molecule has 3 rings (SSSR count). The third-order valence-corrected chi connectivity index (χ3v) is 4.67. The zero-order valence-electron chi connectivity index (χ0n) is 16.1. The second-order valence-corrected chi connectivity index (χ2v) is 6.40. The number of carbonyl (C=O) groups is 1. The Balaban J connectivity index is 1.90. The van der Waals surface area contributed by atoms with E-state index in [0.717, 1.165) is 23.4 Å². The number of amides is 1. The van der Waals surface area contributed by atoms with E-state index in [4.69, 9.17) is 14.2 Å². The first-order chi connectivity index (χ1) is 13.1. The maximum atomic E-state index is 12.3. The molecule has 144 valence electrons. The number of benzene rings is 1. The van der Waals surface area contributed by atoms with Crippen molar-refractivity contribution >= 4 is 5.91 Å². The average Bonchev–Trinajstić information content (AvgIpc) is 2.70. The smallest absolute Gasteiger partial charge is 0.239 e. The summed E-state index contributed by atoms with van der Waals surface area (Å²) in [4.78, 5) is 18.7. The molecule has 1 N–H and O–H groups in total. The molecule has 1 saturated heterocycles. The van der Waals surface area contributed by atoms with Crippen molar-refractivity contribution < 1.29 is 19.0 Å². The number of hydrogen-bond donors (Lipinski definition) is 1. The third kappa shape index (κ3) is 3.98. The summed E-state index contributed by atoms with van der Waals surface area (Å²) >= 11 is 0. The van der Waals surface area contributed by atoms with Crippen LogP contribution < -0.4 is 19.5 Å². The molecule has 7 heteroatoms. The van der Waals surface area contributed by atoms with Crippen molar-refractivity contribution in [2.45, 2.75) is 19.5 Å². The normalized spacial score (nSPS) is 17.0. The lowest BCUT2D eigenvalue weighted by atomic mass is 10.1. The van der Waals surface area contributed by atoms with Crippen molar-refractivity contribution in [3.05, 3.63) is 36.0 Å². The Kier molecular flexibility index (Phi) is 5.81. The molecule has 0 bridgehead atoms. The molecule has 2 heterocycles. The lowest BCUT2D eigenvalue weighted by Crippen LogP contribution is -2.53. The lowest BCUT2D eigenvalue weighted by Gasteiger charge is -2.31. The molecule has 7 nitrogen and oxygen atoms in total. The number of piperazine rings is 1. The van der Waals surface area contributed by atoms with Gasteiger partial charge in [0.25, 0.3) is 0 Å². The quantitative estimate of drug-likeness (QED) is 0.838. The van der Waals surface area contributed by atoms with Crippen LogP contribution in [0.1, 0.15) is 12.5 Å². The monoisotopic (exact) mass is 371 g/mol. The number of rotatable bonds is 6. The topological polar surface area (TPSA) is 72.9 Å². The van der Waals surface area contributed by atoms with Gasteiger partial charge in [0, 0.05) is 31.4 Å². The molecule has 1 aromatic heterocycles. The highest BCUT2D eigenvalue weighted by atomic mass is 16.5. The predicted octanol–water partition coefficient (Wildman–Crippen LogP) is 2.09. The average molecular weight is 371 g/mol. The van der Waals surface area contributed by atoms with E-state index in [2.05, 4.69) is 10.3 Å². The zero-order valence-corrected chi connectivity index (χ0v) is 16.1. The fourth-order valence-corrected chi connectivity index (χ4v) is 3.22. The zero-order chi connectivity index (χ0) is 19.4. The molecule has 0 unspecified atom stereocenters. The van der Waals surface area contributed by atoms with Crippen molar-refractivity contribution in [1.29, 1.82) is 0 Å². The first-order valence-corrected chi connectivity index (χ1v) is 8.84. The summed E-state index contributed by atoms with van der Waals surface area (Å²) in [6, 6.07) is 7.51. The number of pyridine rings is 1. The molecule has 27 heavy (non-hydrogen) atoms. The van der Waals surface area contributed by atoms with Crippen LogP contribution in [0.4, 0.5) is 0 Å². The van der Waals surface area contributed by atoms with Crippen LogP contribution in [0.3, 0.4) is 0 Å². The van der Waals surface area contributed by atoms with Gasteiger partial charge in [0.1, 0.15) is 0 Å². The van der Waals surface area contributed by atoms with Gasteiger partial charge in [-0.25, -0.2) is 0 Å². The summed E-state index contributed by atoms with van der Waals surface area (Å²) in [5.74, 6) is 1.81. The van der Waals surface area contributed by atoms with Crippen molar-refractivity contribution in [1.82, 2.24) is 15.2 Å². The van der Waals surface area contributed by atoms with Gasteiger partial charge in [-0.2, -0.15) is 0 Å². The van der Waals surface area contributed by atoms with Crippen molar-refractivity contribution in [2.24, 2.45) is 0 Å². The molecule has 0 saturated carbocycles. The third-order valence-electron chi connectivity index (χ3n) is 4.67. The molecular formula is C20H25N3O4. The number of nitrogens with zero attached hydrogens (tertiary/aromatic N) is 2. The van der Waals surface area contributed by atoms with E-state index < -0.39 is 0 Å². The van der Waals surface area contributed by atoms with Crippen LogP contribution in [-0.2, 0) is 11.3 Å². The van der Waals surface area contributed by atoms with Crippen LogP contribution in [0.5, 0.6) is 17.2 Å². The fourth-order valence-electron chi connectivity index (χ4n) is 3.22. The van der Waals surface area contributed by atoms with Crippen LogP contribution in [0.15, 0.2) is 30.5 Å². The van der Waals surface area contributed by atoms with Crippen molar-refractivity contribution in [2.75, 3.05) is 34.4 Å². The molecule has 1 aromatic carbocycles. The van der Waals surface area contributed by atoms with Gasteiger partial charge in [-0.05, 0) is 36.8 Å². The Morgan fingerprint density at radius 3 is 2.48 bits per heavy atom. The first kappa shape index (κ1) is 19.0. The minimum atomic E-state index is -0.143. The number of nitrogens with one attached hydrogen (secondary N) is 1. The second-order valence-electron chi connectivity index (χ2n) is 6.40. The second kappa shape index (κ2) is 8.26. The standard InChI is InChI=1S/C20H25N3O4/c1-13-20(24)23(8-7-21-13)12-14-5-6-22-16(9-14)15-10-17(25-2)19(27-4)18(11-15)26-3/h5-6,9-11,13,21H,7-8,12H2,1-4H3/t13-/m0/s1.